The van der Waals surface area contributed by atoms with Gasteiger partial charge in [0.25, 0.3) is 5.91 Å². The molecule has 114 valence electrons. The highest BCUT2D eigenvalue weighted by Crippen LogP contribution is 2.13. The van der Waals surface area contributed by atoms with Crippen molar-refractivity contribution in [3.05, 3.63) is 30.1 Å². The van der Waals surface area contributed by atoms with E-state index in [-0.39, 0.29) is 12.0 Å². The Morgan fingerprint density at radius 3 is 2.71 bits per heavy atom. The maximum absolute atomic E-state index is 12.5. The van der Waals surface area contributed by atoms with Gasteiger partial charge in [0.15, 0.2) is 0 Å². The predicted molar refractivity (Wildman–Crippen MR) is 76.7 cm³/mol. The molecule has 2 saturated heterocycles. The van der Waals surface area contributed by atoms with Gasteiger partial charge < -0.3 is 14.4 Å². The summed E-state index contributed by atoms with van der Waals surface area (Å²) in [6, 6.07) is 4.02. The number of carbonyl (C=O) groups excluding carboxylic acids is 1. The van der Waals surface area contributed by atoms with Crippen molar-refractivity contribution in [1.29, 1.82) is 0 Å². The number of carbonyl (C=O) groups is 1. The lowest BCUT2D eigenvalue weighted by atomic mass is 10.2. The lowest BCUT2D eigenvalue weighted by molar-refractivity contribution is -0.153. The van der Waals surface area contributed by atoms with E-state index >= 15 is 0 Å². The van der Waals surface area contributed by atoms with Gasteiger partial charge in [-0.3, -0.25) is 14.7 Å². The Morgan fingerprint density at radius 1 is 1.19 bits per heavy atom. The second-order valence-electron chi connectivity index (χ2n) is 5.39. The highest BCUT2D eigenvalue weighted by molar-refractivity contribution is 5.81. The molecule has 2 aliphatic rings. The number of pyridine rings is 1. The van der Waals surface area contributed by atoms with Crippen LogP contribution in [0.5, 0.6) is 0 Å². The van der Waals surface area contributed by atoms with Crippen LogP contribution < -0.4 is 0 Å². The Kier molecular flexibility index (Phi) is 4.80. The third-order valence-corrected chi connectivity index (χ3v) is 3.90. The van der Waals surface area contributed by atoms with Gasteiger partial charge in [-0.2, -0.15) is 0 Å². The van der Waals surface area contributed by atoms with E-state index in [4.69, 9.17) is 9.47 Å². The fourth-order valence-electron chi connectivity index (χ4n) is 2.73. The first-order valence-electron chi connectivity index (χ1n) is 7.42. The summed E-state index contributed by atoms with van der Waals surface area (Å²) >= 11 is 0. The smallest absolute Gasteiger partial charge is 0.253 e. The van der Waals surface area contributed by atoms with E-state index < -0.39 is 0 Å². The Morgan fingerprint density at radius 2 is 1.95 bits per heavy atom. The molecule has 0 N–H and O–H groups in total. The Bertz CT molecular complexity index is 462. The second kappa shape index (κ2) is 6.98. The lowest BCUT2D eigenvalue weighted by Gasteiger charge is -2.36. The summed E-state index contributed by atoms with van der Waals surface area (Å²) in [5, 5.41) is 0. The Labute approximate surface area is 124 Å². The van der Waals surface area contributed by atoms with Gasteiger partial charge in [0, 0.05) is 45.1 Å². The van der Waals surface area contributed by atoms with Crippen molar-refractivity contribution in [1.82, 2.24) is 14.8 Å². The molecule has 3 heterocycles. The SMILES string of the molecule is O=C(C1CN(Cc2ccncc2)CCO1)N1CCOCC1. The van der Waals surface area contributed by atoms with Crippen LogP contribution in [-0.2, 0) is 20.8 Å². The van der Waals surface area contributed by atoms with Gasteiger partial charge in [0.1, 0.15) is 6.10 Å². The number of hydrogen-bond acceptors (Lipinski definition) is 5. The highest BCUT2D eigenvalue weighted by atomic mass is 16.5. The minimum Gasteiger partial charge on any atom is -0.378 e. The van der Waals surface area contributed by atoms with Crippen LogP contribution in [0.4, 0.5) is 0 Å². The third kappa shape index (κ3) is 3.78. The molecule has 1 amide bonds. The molecule has 0 bridgehead atoms. The predicted octanol–water partition coefficient (Wildman–Crippen LogP) is 0.141. The van der Waals surface area contributed by atoms with E-state index in [0.29, 0.717) is 39.5 Å². The highest BCUT2D eigenvalue weighted by Gasteiger charge is 2.30. The fourth-order valence-corrected chi connectivity index (χ4v) is 2.73. The second-order valence-corrected chi connectivity index (χ2v) is 5.39. The van der Waals surface area contributed by atoms with E-state index in [1.54, 1.807) is 12.4 Å². The van der Waals surface area contributed by atoms with Gasteiger partial charge in [-0.05, 0) is 17.7 Å². The number of morpholine rings is 2. The van der Waals surface area contributed by atoms with E-state index in [1.165, 1.54) is 5.56 Å². The summed E-state index contributed by atoms with van der Waals surface area (Å²) in [5.74, 6) is 0.0951. The van der Waals surface area contributed by atoms with Crippen LogP contribution in [0.1, 0.15) is 5.56 Å². The normalized spacial score (nSPS) is 24.0. The van der Waals surface area contributed by atoms with Gasteiger partial charge >= 0.3 is 0 Å². The van der Waals surface area contributed by atoms with Crippen molar-refractivity contribution >= 4 is 5.91 Å². The molecule has 6 nitrogen and oxygen atoms in total. The molecule has 3 rings (SSSR count). The molecule has 2 aliphatic heterocycles. The van der Waals surface area contributed by atoms with Crippen molar-refractivity contribution < 1.29 is 14.3 Å². The van der Waals surface area contributed by atoms with E-state index in [0.717, 1.165) is 13.1 Å². The third-order valence-electron chi connectivity index (χ3n) is 3.90. The molecule has 1 aromatic heterocycles. The monoisotopic (exact) mass is 291 g/mol. The molecule has 1 unspecified atom stereocenters. The standard InChI is InChI=1S/C15H21N3O3/c19-15(18-6-8-20-9-7-18)14-12-17(5-10-21-14)11-13-1-3-16-4-2-13/h1-4,14H,5-12H2. The Hall–Kier alpha value is -1.50. The number of aromatic nitrogens is 1. The molecular formula is C15H21N3O3. The number of rotatable bonds is 3. The molecule has 0 spiro atoms. The van der Waals surface area contributed by atoms with Gasteiger partial charge in [0.2, 0.25) is 0 Å². The average molecular weight is 291 g/mol. The van der Waals surface area contributed by atoms with Crippen molar-refractivity contribution in [3.63, 3.8) is 0 Å². The summed E-state index contributed by atoms with van der Waals surface area (Å²) in [5.41, 5.74) is 1.21. The molecule has 0 radical (unpaired) electrons. The summed E-state index contributed by atoms with van der Waals surface area (Å²) in [7, 11) is 0. The number of ether oxygens (including phenoxy) is 2. The van der Waals surface area contributed by atoms with Crippen molar-refractivity contribution in [2.45, 2.75) is 12.6 Å². The van der Waals surface area contributed by atoms with Crippen molar-refractivity contribution in [2.24, 2.45) is 0 Å². The van der Waals surface area contributed by atoms with Gasteiger partial charge in [0.05, 0.1) is 19.8 Å². The summed E-state index contributed by atoms with van der Waals surface area (Å²) in [6.07, 6.45) is 3.25. The summed E-state index contributed by atoms with van der Waals surface area (Å²) in [6.45, 7) is 5.53. The molecular weight excluding hydrogens is 270 g/mol. The minimum atomic E-state index is -0.348. The fraction of sp³-hybridized carbons (Fsp3) is 0.600. The van der Waals surface area contributed by atoms with Gasteiger partial charge in [-0.1, -0.05) is 0 Å². The molecule has 1 aromatic rings. The largest absolute Gasteiger partial charge is 0.378 e. The first-order chi connectivity index (χ1) is 10.3. The average Bonchev–Trinajstić information content (AvgIpc) is 2.56. The number of nitrogens with zero attached hydrogens (tertiary/aromatic N) is 3. The molecule has 6 heteroatoms. The van der Waals surface area contributed by atoms with E-state index in [2.05, 4.69) is 9.88 Å². The maximum Gasteiger partial charge on any atom is 0.253 e. The van der Waals surface area contributed by atoms with Crippen LogP contribution in [-0.4, -0.2) is 72.8 Å². The van der Waals surface area contributed by atoms with Crippen LogP contribution >= 0.6 is 0 Å². The first kappa shape index (κ1) is 14.4. The van der Waals surface area contributed by atoms with Crippen LogP contribution in [0.25, 0.3) is 0 Å². The maximum atomic E-state index is 12.5. The van der Waals surface area contributed by atoms with Crippen molar-refractivity contribution in [2.75, 3.05) is 46.0 Å². The van der Waals surface area contributed by atoms with Crippen LogP contribution in [0.15, 0.2) is 24.5 Å². The van der Waals surface area contributed by atoms with Crippen LogP contribution in [0, 0.1) is 0 Å². The number of hydrogen-bond donors (Lipinski definition) is 0. The summed E-state index contributed by atoms with van der Waals surface area (Å²) < 4.78 is 11.0. The lowest BCUT2D eigenvalue weighted by Crippen LogP contribution is -2.53. The molecule has 0 aliphatic carbocycles. The molecule has 0 aromatic carbocycles. The summed E-state index contributed by atoms with van der Waals surface area (Å²) in [4.78, 5) is 20.6. The molecule has 0 saturated carbocycles. The van der Waals surface area contributed by atoms with E-state index in [1.807, 2.05) is 17.0 Å². The zero-order chi connectivity index (χ0) is 14.5. The minimum absolute atomic E-state index is 0.0951. The Balaban J connectivity index is 1.56. The van der Waals surface area contributed by atoms with Gasteiger partial charge in [-0.15, -0.1) is 0 Å². The van der Waals surface area contributed by atoms with Crippen LogP contribution in [0.2, 0.25) is 0 Å². The topological polar surface area (TPSA) is 54.9 Å². The zero-order valence-corrected chi connectivity index (χ0v) is 12.1. The zero-order valence-electron chi connectivity index (χ0n) is 12.1. The van der Waals surface area contributed by atoms with E-state index in [9.17, 15) is 4.79 Å². The first-order valence-corrected chi connectivity index (χ1v) is 7.42. The molecule has 2 fully saturated rings. The molecule has 21 heavy (non-hydrogen) atoms. The quantitative estimate of drug-likeness (QED) is 0.793. The molecule has 1 atom stereocenters. The number of amides is 1. The van der Waals surface area contributed by atoms with Gasteiger partial charge in [-0.25, -0.2) is 0 Å². The van der Waals surface area contributed by atoms with Crippen molar-refractivity contribution in [3.8, 4) is 0 Å². The van der Waals surface area contributed by atoms with Crippen LogP contribution in [0.3, 0.4) is 0 Å².